The lowest BCUT2D eigenvalue weighted by molar-refractivity contribution is -0.144. The van der Waals surface area contributed by atoms with Crippen LogP contribution in [0.1, 0.15) is 23.6 Å². The molecule has 0 spiro atoms. The molecule has 0 saturated carbocycles. The van der Waals surface area contributed by atoms with Gasteiger partial charge in [0.2, 0.25) is 11.8 Å². The number of nitrogens with zero attached hydrogens (tertiary/aromatic N) is 2. The van der Waals surface area contributed by atoms with Crippen LogP contribution >= 0.6 is 27.5 Å². The van der Waals surface area contributed by atoms with E-state index in [1.807, 2.05) is 0 Å². The number of carbonyl (C=O) groups is 2. The van der Waals surface area contributed by atoms with Crippen LogP contribution in [-0.4, -0.2) is 58.9 Å². The molecule has 0 bridgehead atoms. The summed E-state index contributed by atoms with van der Waals surface area (Å²) in [4.78, 5) is 28.3. The molecule has 1 aromatic rings. The first-order chi connectivity index (χ1) is 15.7. The van der Waals surface area contributed by atoms with E-state index in [-0.39, 0.29) is 36.9 Å². The fraction of sp³-hybridized carbons (Fsp3) is 0.455. The normalized spacial score (nSPS) is 21.8. The van der Waals surface area contributed by atoms with Gasteiger partial charge in [-0.05, 0) is 36.6 Å². The number of halogens is 8. The van der Waals surface area contributed by atoms with Crippen molar-refractivity contribution in [3.8, 4) is 0 Å². The van der Waals surface area contributed by atoms with Crippen molar-refractivity contribution in [1.29, 1.82) is 0 Å². The fourth-order valence-electron chi connectivity index (χ4n) is 4.09. The number of amides is 2. The van der Waals surface area contributed by atoms with Crippen molar-refractivity contribution in [2.75, 3.05) is 25.0 Å². The Labute approximate surface area is 205 Å². The molecule has 1 aliphatic heterocycles. The molecule has 12 heteroatoms. The minimum atomic E-state index is -5.03. The number of benzene rings is 1. The molecule has 4 nitrogen and oxygen atoms in total. The number of allylic oxidation sites excluding steroid dienone is 3. The third-order valence-corrected chi connectivity index (χ3v) is 6.76. The van der Waals surface area contributed by atoms with Crippen LogP contribution in [0.15, 0.2) is 41.5 Å². The molecule has 2 aliphatic rings. The summed E-state index contributed by atoms with van der Waals surface area (Å²) in [5, 5.41) is 0.508. The van der Waals surface area contributed by atoms with Crippen molar-refractivity contribution in [3.63, 3.8) is 0 Å². The first-order valence-electron chi connectivity index (χ1n) is 10.2. The standard InChI is InChI=1S/C22H20BrClF6N2O2/c1-12-6-13(2-3-17(12)24)18-11-31(4-5-32(18)19(33)10-23)20(34)14-7-15(21(25,26)27)9-16(8-14)22(28,29)30/h2-3,6-7,9,14,18H,4-5,8,10-11H2,1H3. The Hall–Kier alpha value is -2.01. The summed E-state index contributed by atoms with van der Waals surface area (Å²) < 4.78 is 79.6. The lowest BCUT2D eigenvalue weighted by atomic mass is 9.88. The monoisotopic (exact) mass is 572 g/mol. The van der Waals surface area contributed by atoms with E-state index in [1.54, 1.807) is 25.1 Å². The molecule has 1 heterocycles. The van der Waals surface area contributed by atoms with Gasteiger partial charge < -0.3 is 9.80 Å². The van der Waals surface area contributed by atoms with Crippen LogP contribution in [0.25, 0.3) is 0 Å². The summed E-state index contributed by atoms with van der Waals surface area (Å²) in [6, 6.07) is 4.41. The van der Waals surface area contributed by atoms with E-state index in [1.165, 1.54) is 9.80 Å². The van der Waals surface area contributed by atoms with Crippen LogP contribution in [0.4, 0.5) is 26.3 Å². The van der Waals surface area contributed by atoms with E-state index >= 15 is 0 Å². The van der Waals surface area contributed by atoms with Crippen LogP contribution in [0.2, 0.25) is 5.02 Å². The maximum Gasteiger partial charge on any atom is 0.416 e. The molecule has 1 fully saturated rings. The molecule has 2 amide bonds. The number of hydrogen-bond acceptors (Lipinski definition) is 2. The third-order valence-electron chi connectivity index (χ3n) is 5.85. The average molecular weight is 574 g/mol. The van der Waals surface area contributed by atoms with Gasteiger partial charge in [-0.1, -0.05) is 45.7 Å². The van der Waals surface area contributed by atoms with Crippen molar-refractivity contribution < 1.29 is 35.9 Å². The number of aryl methyl sites for hydroxylation is 1. The SMILES string of the molecule is Cc1cc(C2CN(C(=O)C3C=C(C(F)(F)F)C=C(C(F)(F)F)C3)CCN2C(=O)CBr)ccc1Cl. The minimum Gasteiger partial charge on any atom is -0.338 e. The third kappa shape index (κ3) is 5.79. The lowest BCUT2D eigenvalue weighted by Gasteiger charge is -2.42. The van der Waals surface area contributed by atoms with Gasteiger partial charge in [0.15, 0.2) is 0 Å². The van der Waals surface area contributed by atoms with Crippen LogP contribution in [-0.2, 0) is 9.59 Å². The Morgan fingerprint density at radius 1 is 1.12 bits per heavy atom. The molecular weight excluding hydrogens is 554 g/mol. The van der Waals surface area contributed by atoms with Gasteiger partial charge in [-0.25, -0.2) is 0 Å². The number of piperazine rings is 1. The predicted octanol–water partition coefficient (Wildman–Crippen LogP) is 5.75. The van der Waals surface area contributed by atoms with Gasteiger partial charge in [0.25, 0.3) is 0 Å². The largest absolute Gasteiger partial charge is 0.416 e. The second-order valence-electron chi connectivity index (χ2n) is 8.13. The van der Waals surface area contributed by atoms with Gasteiger partial charge in [0, 0.05) is 30.2 Å². The Morgan fingerprint density at radius 2 is 1.79 bits per heavy atom. The predicted molar refractivity (Wildman–Crippen MR) is 117 cm³/mol. The Kier molecular flexibility index (Phi) is 7.76. The zero-order valence-corrected chi connectivity index (χ0v) is 20.2. The van der Waals surface area contributed by atoms with Gasteiger partial charge >= 0.3 is 12.4 Å². The lowest BCUT2D eigenvalue weighted by Crippen LogP contribution is -2.54. The number of rotatable bonds is 3. The second-order valence-corrected chi connectivity index (χ2v) is 9.10. The maximum atomic E-state index is 13.3. The summed E-state index contributed by atoms with van der Waals surface area (Å²) in [5.74, 6) is -2.73. The molecule has 0 N–H and O–H groups in total. The zero-order chi connectivity index (χ0) is 25.4. The van der Waals surface area contributed by atoms with Crippen LogP contribution < -0.4 is 0 Å². The summed E-state index contributed by atoms with van der Waals surface area (Å²) >= 11 is 9.19. The summed E-state index contributed by atoms with van der Waals surface area (Å²) in [5.41, 5.74) is -1.53. The van der Waals surface area contributed by atoms with Crippen molar-refractivity contribution in [2.45, 2.75) is 31.7 Å². The first-order valence-corrected chi connectivity index (χ1v) is 11.7. The average Bonchev–Trinajstić information content (AvgIpc) is 2.78. The van der Waals surface area contributed by atoms with Gasteiger partial charge in [-0.3, -0.25) is 9.59 Å². The molecule has 1 aliphatic carbocycles. The van der Waals surface area contributed by atoms with E-state index in [0.29, 0.717) is 16.7 Å². The highest BCUT2D eigenvalue weighted by molar-refractivity contribution is 9.09. The van der Waals surface area contributed by atoms with Gasteiger partial charge in [0.05, 0.1) is 22.9 Å². The van der Waals surface area contributed by atoms with Crippen LogP contribution in [0.3, 0.4) is 0 Å². The second kappa shape index (κ2) is 9.93. The molecular formula is C22H20BrClF6N2O2. The molecule has 1 saturated heterocycles. The minimum absolute atomic E-state index is 0.0165. The van der Waals surface area contributed by atoms with Crippen molar-refractivity contribution in [1.82, 2.24) is 9.80 Å². The first kappa shape index (κ1) is 26.6. The highest BCUT2D eigenvalue weighted by Gasteiger charge is 2.44. The van der Waals surface area contributed by atoms with E-state index in [2.05, 4.69) is 15.9 Å². The molecule has 2 unspecified atom stereocenters. The molecule has 0 radical (unpaired) electrons. The molecule has 1 aromatic carbocycles. The molecule has 2 atom stereocenters. The van der Waals surface area contributed by atoms with Crippen molar-refractivity contribution >= 4 is 39.3 Å². The highest BCUT2D eigenvalue weighted by atomic mass is 79.9. The van der Waals surface area contributed by atoms with Crippen molar-refractivity contribution in [3.05, 3.63) is 57.6 Å². The zero-order valence-electron chi connectivity index (χ0n) is 17.8. The summed E-state index contributed by atoms with van der Waals surface area (Å²) in [7, 11) is 0. The highest BCUT2D eigenvalue weighted by Crippen LogP contribution is 2.41. The van der Waals surface area contributed by atoms with Crippen LogP contribution in [0.5, 0.6) is 0 Å². The number of hydrogen-bond donors (Lipinski definition) is 0. The number of carbonyl (C=O) groups excluding carboxylic acids is 2. The maximum absolute atomic E-state index is 13.3. The van der Waals surface area contributed by atoms with E-state index in [9.17, 15) is 35.9 Å². The topological polar surface area (TPSA) is 40.6 Å². The van der Waals surface area contributed by atoms with E-state index in [4.69, 9.17) is 11.6 Å². The van der Waals surface area contributed by atoms with Gasteiger partial charge in [-0.2, -0.15) is 26.3 Å². The van der Waals surface area contributed by atoms with E-state index in [0.717, 1.165) is 5.56 Å². The Bertz CT molecular complexity index is 1040. The smallest absolute Gasteiger partial charge is 0.338 e. The quantitative estimate of drug-likeness (QED) is 0.341. The molecule has 34 heavy (non-hydrogen) atoms. The van der Waals surface area contributed by atoms with E-state index < -0.39 is 47.8 Å². The van der Waals surface area contributed by atoms with Crippen LogP contribution in [0, 0.1) is 12.8 Å². The summed E-state index contributed by atoms with van der Waals surface area (Å²) in [6.07, 6.45) is -10.3. The van der Waals surface area contributed by atoms with Gasteiger partial charge in [0.1, 0.15) is 0 Å². The summed E-state index contributed by atoms with van der Waals surface area (Å²) in [6.45, 7) is 1.74. The Morgan fingerprint density at radius 3 is 2.35 bits per heavy atom. The molecule has 3 rings (SSSR count). The van der Waals surface area contributed by atoms with Gasteiger partial charge in [-0.15, -0.1) is 0 Å². The molecule has 0 aromatic heterocycles. The number of alkyl halides is 7. The fourth-order valence-corrected chi connectivity index (χ4v) is 4.53. The van der Waals surface area contributed by atoms with Crippen molar-refractivity contribution in [2.24, 2.45) is 5.92 Å². The molecule has 186 valence electrons. The Balaban J connectivity index is 1.91.